The smallest absolute Gasteiger partial charge is 0.319 e. The van der Waals surface area contributed by atoms with Gasteiger partial charge >= 0.3 is 6.03 Å². The van der Waals surface area contributed by atoms with Crippen LogP contribution in [0.5, 0.6) is 5.75 Å². The van der Waals surface area contributed by atoms with Gasteiger partial charge in [0.05, 0.1) is 12.8 Å². The first-order valence-corrected chi connectivity index (χ1v) is 10.1. The van der Waals surface area contributed by atoms with Crippen LogP contribution in [-0.2, 0) is 6.54 Å². The predicted octanol–water partition coefficient (Wildman–Crippen LogP) is 4.69. The van der Waals surface area contributed by atoms with Gasteiger partial charge in [0.15, 0.2) is 0 Å². The van der Waals surface area contributed by atoms with Gasteiger partial charge in [-0.25, -0.2) is 4.79 Å². The highest BCUT2D eigenvalue weighted by Gasteiger charge is 2.20. The highest BCUT2D eigenvalue weighted by Crippen LogP contribution is 2.25. The predicted molar refractivity (Wildman–Crippen MR) is 114 cm³/mol. The van der Waals surface area contributed by atoms with Crippen molar-refractivity contribution in [1.29, 1.82) is 0 Å². The molecular formula is C22H28ClN3O2. The Bertz CT molecular complexity index is 804. The average molecular weight is 402 g/mol. The van der Waals surface area contributed by atoms with Gasteiger partial charge in [-0.15, -0.1) is 0 Å². The molecule has 2 N–H and O–H groups in total. The number of amides is 2. The van der Waals surface area contributed by atoms with Gasteiger partial charge in [0.1, 0.15) is 5.75 Å². The second kappa shape index (κ2) is 9.80. The van der Waals surface area contributed by atoms with Crippen molar-refractivity contribution < 1.29 is 9.53 Å². The van der Waals surface area contributed by atoms with E-state index in [1.165, 1.54) is 5.56 Å². The second-order valence-electron chi connectivity index (χ2n) is 7.39. The maximum atomic E-state index is 12.3. The topological polar surface area (TPSA) is 53.6 Å². The van der Waals surface area contributed by atoms with Crippen LogP contribution >= 0.6 is 11.6 Å². The largest absolute Gasteiger partial charge is 0.495 e. The summed E-state index contributed by atoms with van der Waals surface area (Å²) < 4.78 is 5.31. The number of hydrogen-bond donors (Lipinski definition) is 2. The maximum Gasteiger partial charge on any atom is 0.319 e. The van der Waals surface area contributed by atoms with E-state index in [-0.39, 0.29) is 6.03 Å². The monoisotopic (exact) mass is 401 g/mol. The Labute approximate surface area is 172 Å². The second-order valence-corrected chi connectivity index (χ2v) is 7.82. The van der Waals surface area contributed by atoms with Gasteiger partial charge in [-0.3, -0.25) is 4.90 Å². The van der Waals surface area contributed by atoms with Crippen LogP contribution in [0.2, 0.25) is 5.02 Å². The van der Waals surface area contributed by atoms with E-state index in [2.05, 4.69) is 21.6 Å². The number of anilines is 1. The summed E-state index contributed by atoms with van der Waals surface area (Å²) in [6.45, 7) is 5.66. The molecule has 2 aromatic rings. The summed E-state index contributed by atoms with van der Waals surface area (Å²) in [7, 11) is 1.60. The lowest BCUT2D eigenvalue weighted by Crippen LogP contribution is -2.39. The zero-order valence-electron chi connectivity index (χ0n) is 16.5. The fourth-order valence-electron chi connectivity index (χ4n) is 3.57. The van der Waals surface area contributed by atoms with Gasteiger partial charge in [0.25, 0.3) is 0 Å². The standard InChI is InChI=1S/C22H28ClN3O2/c1-16-6-7-21(28-2)20(12-16)25-22(27)24-14-17-8-10-26(11-9-17)15-18-4-3-5-19(23)13-18/h3-7,12-13,17H,8-11,14-15H2,1-2H3,(H2,24,25,27). The highest BCUT2D eigenvalue weighted by atomic mass is 35.5. The first kappa shape index (κ1) is 20.5. The molecule has 2 amide bonds. The van der Waals surface area contributed by atoms with Gasteiger partial charge < -0.3 is 15.4 Å². The van der Waals surface area contributed by atoms with Crippen molar-refractivity contribution in [2.45, 2.75) is 26.3 Å². The zero-order valence-corrected chi connectivity index (χ0v) is 17.3. The van der Waals surface area contributed by atoms with Gasteiger partial charge in [-0.2, -0.15) is 0 Å². The van der Waals surface area contributed by atoms with Crippen molar-refractivity contribution in [2.75, 3.05) is 32.1 Å². The third-order valence-electron chi connectivity index (χ3n) is 5.16. The third kappa shape index (κ3) is 5.88. The number of rotatable bonds is 6. The van der Waals surface area contributed by atoms with E-state index in [1.807, 2.05) is 43.3 Å². The number of aryl methyl sites for hydroxylation is 1. The molecule has 0 saturated carbocycles. The highest BCUT2D eigenvalue weighted by molar-refractivity contribution is 6.30. The SMILES string of the molecule is COc1ccc(C)cc1NC(=O)NCC1CCN(Cc2cccc(Cl)c2)CC1. The molecule has 0 aliphatic carbocycles. The Hall–Kier alpha value is -2.24. The first-order valence-electron chi connectivity index (χ1n) is 9.70. The van der Waals surface area contributed by atoms with E-state index in [4.69, 9.17) is 16.3 Å². The van der Waals surface area contributed by atoms with E-state index < -0.39 is 0 Å². The summed E-state index contributed by atoms with van der Waals surface area (Å²) in [5.74, 6) is 1.16. The number of carbonyl (C=O) groups is 1. The fraction of sp³-hybridized carbons (Fsp3) is 0.409. The number of piperidine rings is 1. The van der Waals surface area contributed by atoms with Crippen molar-refractivity contribution >= 4 is 23.3 Å². The molecule has 6 heteroatoms. The van der Waals surface area contributed by atoms with Crippen LogP contribution in [0.15, 0.2) is 42.5 Å². The minimum Gasteiger partial charge on any atom is -0.495 e. The number of hydrogen-bond acceptors (Lipinski definition) is 3. The van der Waals surface area contributed by atoms with Crippen molar-refractivity contribution in [3.8, 4) is 5.75 Å². The first-order chi connectivity index (χ1) is 13.5. The number of nitrogens with one attached hydrogen (secondary N) is 2. The average Bonchev–Trinajstić information content (AvgIpc) is 2.68. The van der Waals surface area contributed by atoms with Crippen LogP contribution in [0, 0.1) is 12.8 Å². The van der Waals surface area contributed by atoms with Gasteiger partial charge in [0.2, 0.25) is 0 Å². The summed E-state index contributed by atoms with van der Waals surface area (Å²) in [5.41, 5.74) is 3.01. The lowest BCUT2D eigenvalue weighted by atomic mass is 9.96. The summed E-state index contributed by atoms with van der Waals surface area (Å²) >= 11 is 6.07. The molecule has 5 nitrogen and oxygen atoms in total. The number of nitrogens with zero attached hydrogens (tertiary/aromatic N) is 1. The molecule has 0 atom stereocenters. The number of carbonyl (C=O) groups excluding carboxylic acids is 1. The molecule has 1 heterocycles. The number of ether oxygens (including phenoxy) is 1. The zero-order chi connectivity index (χ0) is 19.9. The Morgan fingerprint density at radius 1 is 1.21 bits per heavy atom. The Kier molecular flexibility index (Phi) is 7.18. The summed E-state index contributed by atoms with van der Waals surface area (Å²) in [6.07, 6.45) is 2.16. The van der Waals surface area contributed by atoms with Crippen LogP contribution in [-0.4, -0.2) is 37.7 Å². The number of benzene rings is 2. The van der Waals surface area contributed by atoms with Crippen molar-refractivity contribution in [3.63, 3.8) is 0 Å². The van der Waals surface area contributed by atoms with Gasteiger partial charge in [0, 0.05) is 18.1 Å². The van der Waals surface area contributed by atoms with Crippen LogP contribution in [0.1, 0.15) is 24.0 Å². The number of urea groups is 1. The minimum absolute atomic E-state index is 0.190. The summed E-state index contributed by atoms with van der Waals surface area (Å²) in [4.78, 5) is 14.7. The van der Waals surface area contributed by atoms with Crippen molar-refractivity contribution in [1.82, 2.24) is 10.2 Å². The van der Waals surface area contributed by atoms with E-state index in [0.717, 1.165) is 43.1 Å². The Morgan fingerprint density at radius 2 is 2.00 bits per heavy atom. The quantitative estimate of drug-likeness (QED) is 0.738. The molecule has 2 aromatic carbocycles. The van der Waals surface area contributed by atoms with Crippen molar-refractivity contribution in [3.05, 3.63) is 58.6 Å². The number of halogens is 1. The molecular weight excluding hydrogens is 374 g/mol. The normalized spacial score (nSPS) is 15.2. The molecule has 1 fully saturated rings. The van der Waals surface area contributed by atoms with Crippen LogP contribution in [0.25, 0.3) is 0 Å². The molecule has 0 spiro atoms. The molecule has 1 aliphatic heterocycles. The molecule has 0 radical (unpaired) electrons. The van der Waals surface area contributed by atoms with Gasteiger partial charge in [-0.1, -0.05) is 29.8 Å². The van der Waals surface area contributed by atoms with E-state index >= 15 is 0 Å². The summed E-state index contributed by atoms with van der Waals surface area (Å²) in [6, 6.07) is 13.6. The lowest BCUT2D eigenvalue weighted by Gasteiger charge is -2.32. The van der Waals surface area contributed by atoms with Gasteiger partial charge in [-0.05, 0) is 74.2 Å². The van der Waals surface area contributed by atoms with E-state index in [0.29, 0.717) is 23.9 Å². The Morgan fingerprint density at radius 3 is 2.71 bits per heavy atom. The molecule has 150 valence electrons. The fourth-order valence-corrected chi connectivity index (χ4v) is 3.78. The number of likely N-dealkylation sites (tertiary alicyclic amines) is 1. The lowest BCUT2D eigenvalue weighted by molar-refractivity contribution is 0.175. The molecule has 1 aliphatic rings. The van der Waals surface area contributed by atoms with E-state index in [1.54, 1.807) is 7.11 Å². The molecule has 1 saturated heterocycles. The minimum atomic E-state index is -0.190. The molecule has 3 rings (SSSR count). The van der Waals surface area contributed by atoms with E-state index in [9.17, 15) is 4.79 Å². The van der Waals surface area contributed by atoms with Crippen LogP contribution in [0.3, 0.4) is 0 Å². The molecule has 0 unspecified atom stereocenters. The van der Waals surface area contributed by atoms with Crippen molar-refractivity contribution in [2.24, 2.45) is 5.92 Å². The van der Waals surface area contributed by atoms with Crippen LogP contribution < -0.4 is 15.4 Å². The Balaban J connectivity index is 1.41. The summed E-state index contributed by atoms with van der Waals surface area (Å²) in [5, 5.41) is 6.68. The van der Waals surface area contributed by atoms with Crippen LogP contribution in [0.4, 0.5) is 10.5 Å². The third-order valence-corrected chi connectivity index (χ3v) is 5.39. The molecule has 0 bridgehead atoms. The number of methoxy groups -OCH3 is 1. The molecule has 28 heavy (non-hydrogen) atoms. The maximum absolute atomic E-state index is 12.3. The molecule has 0 aromatic heterocycles.